The third kappa shape index (κ3) is 3.59. The maximum absolute atomic E-state index is 12.1. The molecule has 122 valence electrons. The third-order valence-electron chi connectivity index (χ3n) is 4.27. The van der Waals surface area contributed by atoms with Gasteiger partial charge >= 0.3 is 6.03 Å². The highest BCUT2D eigenvalue weighted by Gasteiger charge is 2.49. The molecule has 2 aliphatic rings. The Kier molecular flexibility index (Phi) is 4.97. The summed E-state index contributed by atoms with van der Waals surface area (Å²) >= 11 is 0. The van der Waals surface area contributed by atoms with Crippen molar-refractivity contribution < 1.29 is 14.1 Å². The maximum atomic E-state index is 12.1. The van der Waals surface area contributed by atoms with Crippen LogP contribution in [0.5, 0.6) is 0 Å². The fourth-order valence-corrected chi connectivity index (χ4v) is 4.55. The van der Waals surface area contributed by atoms with Crippen molar-refractivity contribution in [3.05, 3.63) is 0 Å². The molecule has 1 N–H and O–H groups in total. The highest BCUT2D eigenvalue weighted by Crippen LogP contribution is 2.50. The number of urea groups is 1. The van der Waals surface area contributed by atoms with Crippen LogP contribution >= 0.6 is 10.5 Å². The smallest absolute Gasteiger partial charge is 0.343 e. The number of nitrogens with zero attached hydrogens (tertiary/aromatic N) is 3. The molecule has 2 fully saturated rings. The Morgan fingerprint density at radius 1 is 1.33 bits per heavy atom. The standard InChI is InChI=1S/C14H27N3O3S/c1-5-12(2)15-13(18)16-8-6-14(7-9-16)17(10-11-20-14)21(3,4)19/h19H,5-11H2,1-4H3. The van der Waals surface area contributed by atoms with Crippen molar-refractivity contribution in [2.45, 2.75) is 38.8 Å². The van der Waals surface area contributed by atoms with Crippen molar-refractivity contribution in [2.75, 3.05) is 38.8 Å². The highest BCUT2D eigenvalue weighted by molar-refractivity contribution is 8.26. The number of carbonyl (C=O) groups is 1. The zero-order valence-corrected chi connectivity index (χ0v) is 14.3. The van der Waals surface area contributed by atoms with Crippen LogP contribution in [0.15, 0.2) is 4.99 Å². The molecule has 21 heavy (non-hydrogen) atoms. The lowest BCUT2D eigenvalue weighted by Crippen LogP contribution is -2.54. The lowest BCUT2D eigenvalue weighted by molar-refractivity contribution is -0.0841. The summed E-state index contributed by atoms with van der Waals surface area (Å²) in [5.74, 6) is 0. The summed E-state index contributed by atoms with van der Waals surface area (Å²) in [6.07, 6.45) is 6.00. The van der Waals surface area contributed by atoms with Crippen molar-refractivity contribution in [3.8, 4) is 0 Å². The van der Waals surface area contributed by atoms with Gasteiger partial charge in [0.2, 0.25) is 0 Å². The van der Waals surface area contributed by atoms with E-state index in [9.17, 15) is 9.35 Å². The number of likely N-dealkylation sites (tertiary alicyclic amines) is 1. The number of rotatable bonds is 2. The molecule has 1 spiro atoms. The van der Waals surface area contributed by atoms with Crippen LogP contribution in [0.2, 0.25) is 0 Å². The molecule has 2 amide bonds. The molecule has 2 heterocycles. The van der Waals surface area contributed by atoms with Gasteiger partial charge < -0.3 is 14.2 Å². The number of piperidine rings is 1. The van der Waals surface area contributed by atoms with E-state index in [-0.39, 0.29) is 6.03 Å². The largest absolute Gasteiger partial charge is 0.358 e. The molecule has 0 radical (unpaired) electrons. The van der Waals surface area contributed by atoms with Gasteiger partial charge in [-0.25, -0.2) is 14.1 Å². The van der Waals surface area contributed by atoms with Gasteiger partial charge in [-0.1, -0.05) is 17.4 Å². The summed E-state index contributed by atoms with van der Waals surface area (Å²) in [6, 6.07) is -0.149. The van der Waals surface area contributed by atoms with Gasteiger partial charge in [0.25, 0.3) is 0 Å². The van der Waals surface area contributed by atoms with Crippen LogP contribution in [0.3, 0.4) is 0 Å². The minimum atomic E-state index is -1.79. The fourth-order valence-electron chi connectivity index (χ4n) is 2.98. The van der Waals surface area contributed by atoms with E-state index in [1.807, 2.05) is 26.4 Å². The average Bonchev–Trinajstić information content (AvgIpc) is 2.82. The Morgan fingerprint density at radius 3 is 2.48 bits per heavy atom. The Morgan fingerprint density at radius 2 is 1.95 bits per heavy atom. The zero-order valence-electron chi connectivity index (χ0n) is 13.5. The molecule has 2 aliphatic heterocycles. The molecule has 0 unspecified atom stereocenters. The van der Waals surface area contributed by atoms with E-state index in [1.54, 1.807) is 4.90 Å². The number of amides is 2. The van der Waals surface area contributed by atoms with E-state index < -0.39 is 16.2 Å². The van der Waals surface area contributed by atoms with E-state index in [0.717, 1.165) is 31.5 Å². The Bertz CT molecular complexity index is 426. The van der Waals surface area contributed by atoms with Crippen LogP contribution in [0, 0.1) is 0 Å². The van der Waals surface area contributed by atoms with E-state index in [2.05, 4.69) is 9.30 Å². The Hall–Kier alpha value is -0.630. The topological polar surface area (TPSA) is 65.4 Å². The SMILES string of the molecule is CCC(C)=NC(=O)N1CCC2(CC1)OCCN2S(C)(C)O. The molecule has 2 saturated heterocycles. The monoisotopic (exact) mass is 317 g/mol. The van der Waals surface area contributed by atoms with Crippen molar-refractivity contribution in [2.24, 2.45) is 4.99 Å². The Balaban J connectivity index is 2.01. The summed E-state index contributed by atoms with van der Waals surface area (Å²) in [4.78, 5) is 18.0. The molecule has 7 heteroatoms. The molecular weight excluding hydrogens is 290 g/mol. The van der Waals surface area contributed by atoms with Crippen molar-refractivity contribution >= 4 is 22.2 Å². The molecule has 0 aromatic carbocycles. The second-order valence-electron chi connectivity index (χ2n) is 6.09. The van der Waals surface area contributed by atoms with Crippen LogP contribution in [0.4, 0.5) is 4.79 Å². The van der Waals surface area contributed by atoms with Gasteiger partial charge in [0.1, 0.15) is 5.72 Å². The first-order valence-corrected chi connectivity index (χ1v) is 9.85. The first-order valence-electron chi connectivity index (χ1n) is 7.49. The first kappa shape index (κ1) is 16.7. The quantitative estimate of drug-likeness (QED) is 0.795. The molecule has 0 aliphatic carbocycles. The Labute approximate surface area is 128 Å². The van der Waals surface area contributed by atoms with Gasteiger partial charge in [-0.15, -0.1) is 0 Å². The maximum Gasteiger partial charge on any atom is 0.343 e. The van der Waals surface area contributed by atoms with Crippen LogP contribution in [-0.2, 0) is 4.74 Å². The van der Waals surface area contributed by atoms with Crippen molar-refractivity contribution in [1.82, 2.24) is 9.21 Å². The minimum absolute atomic E-state index is 0.149. The van der Waals surface area contributed by atoms with Gasteiger partial charge in [0.05, 0.1) is 6.61 Å². The van der Waals surface area contributed by atoms with Gasteiger partial charge in [-0.3, -0.25) is 0 Å². The fraction of sp³-hybridized carbons (Fsp3) is 0.857. The predicted octanol–water partition coefficient (Wildman–Crippen LogP) is 2.55. The molecule has 0 bridgehead atoms. The molecule has 6 nitrogen and oxygen atoms in total. The van der Waals surface area contributed by atoms with Crippen LogP contribution in [0.1, 0.15) is 33.1 Å². The van der Waals surface area contributed by atoms with Crippen molar-refractivity contribution in [1.29, 1.82) is 0 Å². The normalized spacial score (nSPS) is 24.6. The highest BCUT2D eigenvalue weighted by atomic mass is 32.3. The molecular formula is C14H27N3O3S. The van der Waals surface area contributed by atoms with Crippen molar-refractivity contribution in [3.63, 3.8) is 0 Å². The van der Waals surface area contributed by atoms with Gasteiger partial charge in [0.15, 0.2) is 0 Å². The molecule has 0 saturated carbocycles. The minimum Gasteiger partial charge on any atom is -0.358 e. The number of aliphatic imine (C=N–C) groups is 1. The van der Waals surface area contributed by atoms with Crippen LogP contribution < -0.4 is 0 Å². The van der Waals surface area contributed by atoms with Crippen LogP contribution in [-0.4, -0.2) is 70.0 Å². The first-order chi connectivity index (χ1) is 9.78. The summed E-state index contributed by atoms with van der Waals surface area (Å²) in [7, 11) is -1.79. The number of hydrogen-bond acceptors (Lipinski definition) is 4. The predicted molar refractivity (Wildman–Crippen MR) is 87.1 cm³/mol. The number of ether oxygens (including phenoxy) is 1. The molecule has 0 atom stereocenters. The van der Waals surface area contributed by atoms with E-state index >= 15 is 0 Å². The second kappa shape index (κ2) is 6.24. The molecule has 2 rings (SSSR count). The van der Waals surface area contributed by atoms with E-state index in [1.165, 1.54) is 0 Å². The average molecular weight is 317 g/mol. The molecule has 0 aromatic heterocycles. The van der Waals surface area contributed by atoms with E-state index in [0.29, 0.717) is 19.7 Å². The van der Waals surface area contributed by atoms with Gasteiger partial charge in [-0.05, 0) is 25.9 Å². The van der Waals surface area contributed by atoms with Gasteiger partial charge in [0, 0.05) is 38.2 Å². The summed E-state index contributed by atoms with van der Waals surface area (Å²) in [6.45, 7) is 6.55. The second-order valence-corrected chi connectivity index (χ2v) is 8.97. The lowest BCUT2D eigenvalue weighted by atomic mass is 10.0. The third-order valence-corrected chi connectivity index (χ3v) is 5.87. The summed E-state index contributed by atoms with van der Waals surface area (Å²) in [5.41, 5.74) is 0.466. The van der Waals surface area contributed by atoms with E-state index in [4.69, 9.17) is 4.74 Å². The number of hydrogen-bond donors (Lipinski definition) is 1. The lowest BCUT2D eigenvalue weighted by Gasteiger charge is -2.49. The number of carbonyl (C=O) groups excluding carboxylic acids is 1. The summed E-state index contributed by atoms with van der Waals surface area (Å²) < 4.78 is 18.5. The van der Waals surface area contributed by atoms with Crippen LogP contribution in [0.25, 0.3) is 0 Å². The summed E-state index contributed by atoms with van der Waals surface area (Å²) in [5, 5.41) is 0. The van der Waals surface area contributed by atoms with Gasteiger partial charge in [-0.2, -0.15) is 0 Å². The zero-order chi connectivity index (χ0) is 15.7. The molecule has 0 aromatic rings.